The molecule has 5 rings (SSSR count). The Labute approximate surface area is 217 Å². The third kappa shape index (κ3) is 5.01. The van der Waals surface area contributed by atoms with Crippen LogP contribution >= 0.6 is 0 Å². The molecule has 194 valence electrons. The fourth-order valence-electron chi connectivity index (χ4n) is 5.22. The fourth-order valence-corrected chi connectivity index (χ4v) is 5.22. The molecule has 3 heterocycles. The minimum atomic E-state index is -0.373. The van der Waals surface area contributed by atoms with Gasteiger partial charge in [-0.15, -0.1) is 5.10 Å². The first-order chi connectivity index (χ1) is 17.9. The van der Waals surface area contributed by atoms with Gasteiger partial charge in [0.25, 0.3) is 5.56 Å². The molecule has 1 N–H and O–H groups in total. The summed E-state index contributed by atoms with van der Waals surface area (Å²) in [5.41, 5.74) is 7.53. The maximum atomic E-state index is 13.5. The van der Waals surface area contributed by atoms with Crippen LogP contribution in [0.25, 0.3) is 10.9 Å². The van der Waals surface area contributed by atoms with Gasteiger partial charge in [-0.3, -0.25) is 9.69 Å². The molecule has 0 saturated carbocycles. The van der Waals surface area contributed by atoms with Gasteiger partial charge in [0.1, 0.15) is 6.04 Å². The van der Waals surface area contributed by atoms with E-state index >= 15 is 0 Å². The number of hydrogen-bond acceptors (Lipinski definition) is 7. The molecule has 37 heavy (non-hydrogen) atoms. The Morgan fingerprint density at radius 1 is 0.973 bits per heavy atom. The van der Waals surface area contributed by atoms with Crippen molar-refractivity contribution >= 4 is 16.6 Å². The summed E-state index contributed by atoms with van der Waals surface area (Å²) in [6, 6.07) is 12.4. The van der Waals surface area contributed by atoms with Gasteiger partial charge in [-0.1, -0.05) is 12.1 Å². The molecule has 1 unspecified atom stereocenters. The molecule has 0 spiro atoms. The SMILES string of the molecule is COCCn1nnnc1C(c1cc2cc(C)c(C)cc2[nH]c1=O)N1CCN(c2cc(C)ccc2C)CC1. The highest BCUT2D eigenvalue weighted by Crippen LogP contribution is 2.30. The van der Waals surface area contributed by atoms with Gasteiger partial charge in [0, 0.05) is 50.1 Å². The molecule has 0 aliphatic carbocycles. The lowest BCUT2D eigenvalue weighted by Gasteiger charge is -2.40. The molecule has 2 aromatic carbocycles. The van der Waals surface area contributed by atoms with Gasteiger partial charge in [0.2, 0.25) is 0 Å². The maximum Gasteiger partial charge on any atom is 0.253 e. The monoisotopic (exact) mass is 501 g/mol. The first-order valence-corrected chi connectivity index (χ1v) is 12.8. The number of piperazine rings is 1. The number of anilines is 1. The summed E-state index contributed by atoms with van der Waals surface area (Å²) >= 11 is 0. The lowest BCUT2D eigenvalue weighted by atomic mass is 10.00. The zero-order valence-corrected chi connectivity index (χ0v) is 22.3. The Morgan fingerprint density at radius 2 is 1.73 bits per heavy atom. The van der Waals surface area contributed by atoms with Gasteiger partial charge in [-0.25, -0.2) is 4.68 Å². The van der Waals surface area contributed by atoms with Crippen molar-refractivity contribution in [2.45, 2.75) is 40.3 Å². The van der Waals surface area contributed by atoms with Crippen LogP contribution in [-0.4, -0.2) is 70.0 Å². The molecule has 9 heteroatoms. The van der Waals surface area contributed by atoms with Gasteiger partial charge < -0.3 is 14.6 Å². The van der Waals surface area contributed by atoms with Gasteiger partial charge in [-0.2, -0.15) is 0 Å². The van der Waals surface area contributed by atoms with E-state index in [1.54, 1.807) is 11.8 Å². The van der Waals surface area contributed by atoms with Crippen LogP contribution in [0.3, 0.4) is 0 Å². The van der Waals surface area contributed by atoms with Gasteiger partial charge in [-0.05, 0) is 90.0 Å². The smallest absolute Gasteiger partial charge is 0.253 e. The number of benzene rings is 2. The molecule has 2 aromatic heterocycles. The summed E-state index contributed by atoms with van der Waals surface area (Å²) in [7, 11) is 1.66. The standard InChI is InChI=1S/C28H35N7O2/c1-18-6-7-19(2)25(14-18)33-8-10-34(11-9-33)26(27-30-31-32-35(27)12-13-37-5)23-17-22-15-20(3)21(4)16-24(22)29-28(23)36/h6-7,14-17,26H,8-13H2,1-5H3,(H,29,36). The number of nitrogens with one attached hydrogen (secondary N) is 1. The number of fused-ring (bicyclic) bond motifs is 1. The summed E-state index contributed by atoms with van der Waals surface area (Å²) in [4.78, 5) is 21.4. The highest BCUT2D eigenvalue weighted by atomic mass is 16.5. The van der Waals surface area contributed by atoms with Gasteiger partial charge >= 0.3 is 0 Å². The van der Waals surface area contributed by atoms with E-state index < -0.39 is 0 Å². The van der Waals surface area contributed by atoms with Crippen LogP contribution in [-0.2, 0) is 11.3 Å². The Hall–Kier alpha value is -3.56. The van der Waals surface area contributed by atoms with Crippen LogP contribution in [0.1, 0.15) is 39.7 Å². The Bertz CT molecular complexity index is 1470. The van der Waals surface area contributed by atoms with Crippen molar-refractivity contribution in [3.63, 3.8) is 0 Å². The molecule has 4 aromatic rings. The molecule has 0 radical (unpaired) electrons. The van der Waals surface area contributed by atoms with Crippen LogP contribution in [0.5, 0.6) is 0 Å². The third-order valence-electron chi connectivity index (χ3n) is 7.48. The number of tetrazole rings is 1. The maximum absolute atomic E-state index is 13.5. The number of pyridine rings is 1. The van der Waals surface area contributed by atoms with Crippen molar-refractivity contribution < 1.29 is 4.74 Å². The molecule has 0 amide bonds. The Morgan fingerprint density at radius 3 is 2.49 bits per heavy atom. The first kappa shape index (κ1) is 25.1. The molecular weight excluding hydrogens is 466 g/mol. The van der Waals surface area contributed by atoms with E-state index in [-0.39, 0.29) is 11.6 Å². The number of nitrogens with zero attached hydrogens (tertiary/aromatic N) is 6. The largest absolute Gasteiger partial charge is 0.383 e. The van der Waals surface area contributed by atoms with Crippen molar-refractivity contribution in [2.24, 2.45) is 0 Å². The molecule has 1 aliphatic heterocycles. The van der Waals surface area contributed by atoms with E-state index in [1.165, 1.54) is 22.4 Å². The lowest BCUT2D eigenvalue weighted by Crippen LogP contribution is -2.49. The fraction of sp³-hybridized carbons (Fsp3) is 0.429. The summed E-state index contributed by atoms with van der Waals surface area (Å²) in [6.45, 7) is 12.7. The van der Waals surface area contributed by atoms with E-state index in [9.17, 15) is 4.79 Å². The quantitative estimate of drug-likeness (QED) is 0.415. The van der Waals surface area contributed by atoms with Crippen molar-refractivity contribution in [1.29, 1.82) is 0 Å². The number of rotatable bonds is 7. The summed E-state index contributed by atoms with van der Waals surface area (Å²) < 4.78 is 7.05. The van der Waals surface area contributed by atoms with Crippen LogP contribution in [0.15, 0.2) is 41.2 Å². The summed E-state index contributed by atoms with van der Waals surface area (Å²) in [5, 5.41) is 13.6. The molecular formula is C28H35N7O2. The number of aromatic nitrogens is 5. The highest BCUT2D eigenvalue weighted by molar-refractivity contribution is 5.81. The van der Waals surface area contributed by atoms with E-state index in [0.717, 1.165) is 42.6 Å². The number of hydrogen-bond donors (Lipinski definition) is 1. The Balaban J connectivity index is 1.53. The lowest BCUT2D eigenvalue weighted by molar-refractivity contribution is 0.171. The number of aryl methyl sites for hydroxylation is 4. The van der Waals surface area contributed by atoms with Crippen molar-refractivity contribution in [3.05, 3.63) is 80.4 Å². The van der Waals surface area contributed by atoms with E-state index in [2.05, 4.69) is 82.3 Å². The van der Waals surface area contributed by atoms with Crippen molar-refractivity contribution in [3.8, 4) is 0 Å². The molecule has 1 aliphatic rings. The summed E-state index contributed by atoms with van der Waals surface area (Å²) in [6.07, 6.45) is 0. The topological polar surface area (TPSA) is 92.2 Å². The van der Waals surface area contributed by atoms with Crippen LogP contribution < -0.4 is 10.5 Å². The van der Waals surface area contributed by atoms with Gasteiger partial charge in [0.15, 0.2) is 5.82 Å². The third-order valence-corrected chi connectivity index (χ3v) is 7.48. The van der Waals surface area contributed by atoms with E-state index in [1.807, 2.05) is 12.1 Å². The molecule has 1 saturated heterocycles. The number of ether oxygens (including phenoxy) is 1. The second-order valence-electron chi connectivity index (χ2n) is 10.0. The van der Waals surface area contributed by atoms with E-state index in [0.29, 0.717) is 24.5 Å². The number of methoxy groups -OCH3 is 1. The van der Waals surface area contributed by atoms with Crippen molar-refractivity contribution in [1.82, 2.24) is 30.1 Å². The second kappa shape index (κ2) is 10.4. The first-order valence-electron chi connectivity index (χ1n) is 12.8. The highest BCUT2D eigenvalue weighted by Gasteiger charge is 2.33. The minimum Gasteiger partial charge on any atom is -0.383 e. The predicted octanol–water partition coefficient (Wildman–Crippen LogP) is 3.31. The number of H-pyrrole nitrogens is 1. The van der Waals surface area contributed by atoms with Crippen LogP contribution in [0.2, 0.25) is 0 Å². The van der Waals surface area contributed by atoms with Crippen molar-refractivity contribution in [2.75, 3.05) is 44.8 Å². The average Bonchev–Trinajstić information content (AvgIpc) is 3.34. The molecule has 1 fully saturated rings. The summed E-state index contributed by atoms with van der Waals surface area (Å²) in [5.74, 6) is 0.658. The predicted molar refractivity (Wildman–Crippen MR) is 145 cm³/mol. The zero-order chi connectivity index (χ0) is 26.1. The average molecular weight is 502 g/mol. The zero-order valence-electron chi connectivity index (χ0n) is 22.3. The molecule has 9 nitrogen and oxygen atoms in total. The second-order valence-corrected chi connectivity index (χ2v) is 10.0. The van der Waals surface area contributed by atoms with Crippen LogP contribution in [0.4, 0.5) is 5.69 Å². The normalized spacial score (nSPS) is 15.4. The molecule has 1 atom stereocenters. The molecule has 0 bridgehead atoms. The van der Waals surface area contributed by atoms with Crippen LogP contribution in [0, 0.1) is 27.7 Å². The van der Waals surface area contributed by atoms with E-state index in [4.69, 9.17) is 4.74 Å². The Kier molecular flexibility index (Phi) is 7.08. The van der Waals surface area contributed by atoms with Gasteiger partial charge in [0.05, 0.1) is 13.2 Å². The number of aromatic amines is 1. The minimum absolute atomic E-state index is 0.112.